The lowest BCUT2D eigenvalue weighted by molar-refractivity contribution is -0.0948. The number of aliphatic hydroxyl groups excluding tert-OH is 2. The molecule has 0 aliphatic carbocycles. The molecule has 3 heterocycles. The van der Waals surface area contributed by atoms with E-state index in [0.29, 0.717) is 17.3 Å². The third-order valence-corrected chi connectivity index (χ3v) is 4.15. The highest BCUT2D eigenvalue weighted by molar-refractivity contribution is 6.01. The number of nitrogens with zero attached hydrogens (tertiary/aromatic N) is 3. The van der Waals surface area contributed by atoms with Crippen LogP contribution in [0.3, 0.4) is 0 Å². The lowest BCUT2D eigenvalue weighted by atomic mass is 9.96. The molecule has 24 heavy (non-hydrogen) atoms. The number of anilines is 1. The van der Waals surface area contributed by atoms with Gasteiger partial charge in [-0.2, -0.15) is 0 Å². The van der Waals surface area contributed by atoms with Gasteiger partial charge in [0.05, 0.1) is 19.1 Å². The fraction of sp³-hybridized carbons (Fsp3) is 0.500. The summed E-state index contributed by atoms with van der Waals surface area (Å²) < 4.78 is 7.01. The molecular formula is C14H18N4O6. The Morgan fingerprint density at radius 3 is 2.88 bits per heavy atom. The third-order valence-electron chi connectivity index (χ3n) is 4.15. The van der Waals surface area contributed by atoms with Crippen LogP contribution >= 0.6 is 0 Å². The van der Waals surface area contributed by atoms with Crippen molar-refractivity contribution in [2.75, 3.05) is 19.2 Å². The first-order chi connectivity index (χ1) is 11.5. The number of carbonyl (C=O) groups excluding carboxylic acids is 1. The van der Waals surface area contributed by atoms with Gasteiger partial charge < -0.3 is 24.6 Å². The van der Waals surface area contributed by atoms with E-state index in [1.165, 1.54) is 31.1 Å². The van der Waals surface area contributed by atoms with Gasteiger partial charge in [0.15, 0.2) is 18.3 Å². The second kappa shape index (κ2) is 6.07. The van der Waals surface area contributed by atoms with E-state index < -0.39 is 30.6 Å². The van der Waals surface area contributed by atoms with Crippen molar-refractivity contribution in [1.29, 1.82) is 0 Å². The van der Waals surface area contributed by atoms with E-state index in [1.54, 1.807) is 0 Å². The standard InChI is InChI=1S/C14H18N4O6/c1-14(22)10(21)8(5-20)24-13(14)18-3-7(4-19)9-11(17-23-2)15-6-16-12(9)18/h3-4,6,8,10,13,20-22H,5H2,1-2H3,(H,15,16,17)/t8-,10-,13-,14-/m1/s1. The Kier molecular flexibility index (Phi) is 4.24. The highest BCUT2D eigenvalue weighted by atomic mass is 16.6. The highest BCUT2D eigenvalue weighted by Gasteiger charge is 2.53. The Bertz CT molecular complexity index is 761. The van der Waals surface area contributed by atoms with Crippen LogP contribution < -0.4 is 5.48 Å². The SMILES string of the molecule is CONc1ncnc2c1c(C=O)cn2[C@@H]1O[C@H](CO)[C@@H](O)[C@@]1(C)O. The zero-order chi connectivity index (χ0) is 17.5. The molecular weight excluding hydrogens is 320 g/mol. The molecule has 130 valence electrons. The van der Waals surface area contributed by atoms with E-state index in [4.69, 9.17) is 9.57 Å². The second-order valence-electron chi connectivity index (χ2n) is 5.72. The van der Waals surface area contributed by atoms with Gasteiger partial charge in [-0.3, -0.25) is 9.63 Å². The van der Waals surface area contributed by atoms with Crippen molar-refractivity contribution in [2.24, 2.45) is 0 Å². The van der Waals surface area contributed by atoms with E-state index >= 15 is 0 Å². The normalized spacial score (nSPS) is 30.0. The summed E-state index contributed by atoms with van der Waals surface area (Å²) in [5, 5.41) is 30.4. The minimum atomic E-state index is -1.70. The summed E-state index contributed by atoms with van der Waals surface area (Å²) in [7, 11) is 1.40. The second-order valence-corrected chi connectivity index (χ2v) is 5.72. The molecule has 0 spiro atoms. The zero-order valence-electron chi connectivity index (χ0n) is 13.1. The fourth-order valence-electron chi connectivity index (χ4n) is 2.95. The van der Waals surface area contributed by atoms with Gasteiger partial charge >= 0.3 is 0 Å². The Balaban J connectivity index is 2.17. The summed E-state index contributed by atoms with van der Waals surface area (Å²) in [4.78, 5) is 24.4. The topological polar surface area (TPSA) is 139 Å². The van der Waals surface area contributed by atoms with Crippen LogP contribution in [0.25, 0.3) is 11.0 Å². The number of ether oxygens (including phenoxy) is 1. The van der Waals surface area contributed by atoms with Gasteiger partial charge in [0, 0.05) is 11.8 Å². The van der Waals surface area contributed by atoms with Crippen LogP contribution in [0.15, 0.2) is 12.5 Å². The molecule has 0 bridgehead atoms. The predicted molar refractivity (Wildman–Crippen MR) is 81.2 cm³/mol. The Labute approximate surface area is 136 Å². The summed E-state index contributed by atoms with van der Waals surface area (Å²) >= 11 is 0. The van der Waals surface area contributed by atoms with Crippen LogP contribution in [0.2, 0.25) is 0 Å². The number of hydrogen-bond donors (Lipinski definition) is 4. The van der Waals surface area contributed by atoms with Crippen LogP contribution in [0.4, 0.5) is 5.82 Å². The van der Waals surface area contributed by atoms with Gasteiger partial charge in [-0.15, -0.1) is 0 Å². The number of carbonyl (C=O) groups is 1. The lowest BCUT2D eigenvalue weighted by Gasteiger charge is -2.27. The van der Waals surface area contributed by atoms with E-state index in [9.17, 15) is 20.1 Å². The Morgan fingerprint density at radius 1 is 1.54 bits per heavy atom. The first-order valence-corrected chi connectivity index (χ1v) is 7.22. The summed E-state index contributed by atoms with van der Waals surface area (Å²) in [5.41, 5.74) is 1.43. The maximum Gasteiger partial charge on any atom is 0.167 e. The number of aromatic nitrogens is 3. The Morgan fingerprint density at radius 2 is 2.29 bits per heavy atom. The van der Waals surface area contributed by atoms with Crippen LogP contribution in [0.5, 0.6) is 0 Å². The molecule has 10 nitrogen and oxygen atoms in total. The van der Waals surface area contributed by atoms with Gasteiger partial charge in [-0.25, -0.2) is 15.4 Å². The number of aldehydes is 1. The first kappa shape index (κ1) is 16.7. The average Bonchev–Trinajstić information content (AvgIpc) is 3.04. The molecule has 0 aromatic carbocycles. The molecule has 4 N–H and O–H groups in total. The molecule has 2 aromatic rings. The van der Waals surface area contributed by atoms with Gasteiger partial charge in [-0.1, -0.05) is 0 Å². The van der Waals surface area contributed by atoms with Crippen LogP contribution in [-0.4, -0.2) is 67.7 Å². The molecule has 0 saturated carbocycles. The summed E-state index contributed by atoms with van der Waals surface area (Å²) in [6.07, 6.45) is 0.0128. The fourth-order valence-corrected chi connectivity index (χ4v) is 2.95. The van der Waals surface area contributed by atoms with Crippen molar-refractivity contribution in [3.8, 4) is 0 Å². The van der Waals surface area contributed by atoms with E-state index in [2.05, 4.69) is 15.4 Å². The molecule has 1 fully saturated rings. The highest BCUT2D eigenvalue weighted by Crippen LogP contribution is 2.40. The van der Waals surface area contributed by atoms with Crippen molar-refractivity contribution < 1.29 is 29.7 Å². The summed E-state index contributed by atoms with van der Waals surface area (Å²) in [6, 6.07) is 0. The largest absolute Gasteiger partial charge is 0.394 e. The zero-order valence-corrected chi connectivity index (χ0v) is 13.1. The van der Waals surface area contributed by atoms with Crippen molar-refractivity contribution in [1.82, 2.24) is 14.5 Å². The quantitative estimate of drug-likeness (QED) is 0.408. The smallest absolute Gasteiger partial charge is 0.167 e. The van der Waals surface area contributed by atoms with Crippen molar-refractivity contribution >= 4 is 23.1 Å². The van der Waals surface area contributed by atoms with E-state index in [0.717, 1.165) is 0 Å². The van der Waals surface area contributed by atoms with Crippen LogP contribution in [0.1, 0.15) is 23.5 Å². The van der Waals surface area contributed by atoms with Gasteiger partial charge in [-0.05, 0) is 6.92 Å². The monoisotopic (exact) mass is 338 g/mol. The number of rotatable bonds is 5. The lowest BCUT2D eigenvalue weighted by Crippen LogP contribution is -2.44. The van der Waals surface area contributed by atoms with Crippen LogP contribution in [0, 0.1) is 0 Å². The molecule has 2 aromatic heterocycles. The summed E-state index contributed by atoms with van der Waals surface area (Å²) in [6.45, 7) is 0.929. The molecule has 0 radical (unpaired) electrons. The van der Waals surface area contributed by atoms with Crippen molar-refractivity contribution in [3.63, 3.8) is 0 Å². The minimum absolute atomic E-state index is 0.256. The van der Waals surface area contributed by atoms with Gasteiger partial charge in [0.2, 0.25) is 0 Å². The minimum Gasteiger partial charge on any atom is -0.394 e. The van der Waals surface area contributed by atoms with E-state index in [1.807, 2.05) is 0 Å². The molecule has 1 aliphatic heterocycles. The van der Waals surface area contributed by atoms with E-state index in [-0.39, 0.29) is 11.4 Å². The number of nitrogens with one attached hydrogen (secondary N) is 1. The van der Waals surface area contributed by atoms with Crippen LogP contribution in [-0.2, 0) is 9.57 Å². The summed E-state index contributed by atoms with van der Waals surface area (Å²) in [5.74, 6) is 0.278. The van der Waals surface area contributed by atoms with Gasteiger partial charge in [0.25, 0.3) is 0 Å². The molecule has 1 saturated heterocycles. The first-order valence-electron chi connectivity index (χ1n) is 7.22. The molecule has 1 aliphatic rings. The predicted octanol–water partition coefficient (Wildman–Crippen LogP) is -0.781. The molecule has 3 rings (SSSR count). The Hall–Kier alpha value is -2.11. The van der Waals surface area contributed by atoms with Crippen molar-refractivity contribution in [3.05, 3.63) is 18.1 Å². The maximum atomic E-state index is 11.4. The van der Waals surface area contributed by atoms with Gasteiger partial charge in [0.1, 0.15) is 29.8 Å². The molecule has 0 amide bonds. The third kappa shape index (κ3) is 2.36. The number of hydrogen-bond acceptors (Lipinski definition) is 9. The molecule has 0 unspecified atom stereocenters. The number of fused-ring (bicyclic) bond motifs is 1. The molecule has 10 heteroatoms. The average molecular weight is 338 g/mol. The molecule has 4 atom stereocenters. The number of aliphatic hydroxyl groups is 3. The van der Waals surface area contributed by atoms with Crippen molar-refractivity contribution in [2.45, 2.75) is 31.0 Å². The maximum absolute atomic E-state index is 11.4.